The summed E-state index contributed by atoms with van der Waals surface area (Å²) in [6.07, 6.45) is 1.52. The number of carbonyl (C=O) groups excluding carboxylic acids is 1. The molecule has 0 aliphatic heterocycles. The molecule has 0 aromatic rings. The molecule has 0 aliphatic rings. The van der Waals surface area contributed by atoms with Crippen LogP contribution in [0.5, 0.6) is 0 Å². The molecule has 1 N–H and O–H groups in total. The van der Waals surface area contributed by atoms with Gasteiger partial charge in [0.2, 0.25) is 0 Å². The van der Waals surface area contributed by atoms with E-state index in [4.69, 9.17) is 4.74 Å². The highest BCUT2D eigenvalue weighted by Crippen LogP contribution is 2.06. The van der Waals surface area contributed by atoms with E-state index in [0.29, 0.717) is 0 Å². The summed E-state index contributed by atoms with van der Waals surface area (Å²) in [5, 5.41) is 2.55. The summed E-state index contributed by atoms with van der Waals surface area (Å²) < 4.78 is 5.00. The van der Waals surface area contributed by atoms with E-state index in [1.807, 2.05) is 27.7 Å². The largest absolute Gasteiger partial charge is 0.444 e. The third kappa shape index (κ3) is 7.38. The molecule has 0 aromatic heterocycles. The van der Waals surface area contributed by atoms with E-state index in [1.165, 1.54) is 0 Å². The van der Waals surface area contributed by atoms with E-state index in [2.05, 4.69) is 5.32 Å². The Hall–Kier alpha value is -0.730. The van der Waals surface area contributed by atoms with Crippen LogP contribution >= 0.6 is 0 Å². The Kier molecular flexibility index (Phi) is 4.71. The molecule has 3 heteroatoms. The van der Waals surface area contributed by atoms with E-state index >= 15 is 0 Å². The SMILES string of the molecule is CCC[CH]NC(=O)OC(C)(C)C. The predicted molar refractivity (Wildman–Crippen MR) is 48.6 cm³/mol. The zero-order valence-corrected chi connectivity index (χ0v) is 8.31. The lowest BCUT2D eigenvalue weighted by Gasteiger charge is -2.19. The van der Waals surface area contributed by atoms with Crippen molar-refractivity contribution >= 4 is 6.09 Å². The van der Waals surface area contributed by atoms with Crippen molar-refractivity contribution in [2.45, 2.75) is 46.1 Å². The molecule has 0 saturated heterocycles. The molecule has 0 atom stereocenters. The summed E-state index contributed by atoms with van der Waals surface area (Å²) in [5.41, 5.74) is -0.413. The molecule has 71 valence electrons. The molecule has 0 heterocycles. The minimum absolute atomic E-state index is 0.379. The van der Waals surface area contributed by atoms with E-state index < -0.39 is 5.60 Å². The van der Waals surface area contributed by atoms with Crippen LogP contribution in [-0.2, 0) is 4.74 Å². The van der Waals surface area contributed by atoms with E-state index in [-0.39, 0.29) is 6.09 Å². The Morgan fingerprint density at radius 2 is 2.08 bits per heavy atom. The minimum atomic E-state index is -0.413. The molecule has 0 rings (SSSR count). The van der Waals surface area contributed by atoms with Gasteiger partial charge in [-0.25, -0.2) is 4.79 Å². The predicted octanol–water partition coefficient (Wildman–Crippen LogP) is 2.47. The molecule has 0 unspecified atom stereocenters. The third-order valence-corrected chi connectivity index (χ3v) is 1.05. The average molecular weight is 172 g/mol. The van der Waals surface area contributed by atoms with Gasteiger partial charge in [0.05, 0.1) is 6.54 Å². The van der Waals surface area contributed by atoms with E-state index in [9.17, 15) is 4.79 Å². The van der Waals surface area contributed by atoms with Gasteiger partial charge >= 0.3 is 6.09 Å². The summed E-state index contributed by atoms with van der Waals surface area (Å²) in [5.74, 6) is 0. The maximum Gasteiger partial charge on any atom is 0.407 e. The van der Waals surface area contributed by atoms with Gasteiger partial charge in [-0.1, -0.05) is 13.3 Å². The summed E-state index contributed by atoms with van der Waals surface area (Å²) in [7, 11) is 0. The van der Waals surface area contributed by atoms with Crippen molar-refractivity contribution < 1.29 is 9.53 Å². The fraction of sp³-hybridized carbons (Fsp3) is 0.778. The lowest BCUT2D eigenvalue weighted by atomic mass is 10.2. The number of amides is 1. The first-order valence-electron chi connectivity index (χ1n) is 4.27. The highest BCUT2D eigenvalue weighted by Gasteiger charge is 2.15. The lowest BCUT2D eigenvalue weighted by Crippen LogP contribution is -2.31. The molecule has 0 bridgehead atoms. The Bertz CT molecular complexity index is 138. The van der Waals surface area contributed by atoms with Gasteiger partial charge in [-0.15, -0.1) is 0 Å². The minimum Gasteiger partial charge on any atom is -0.444 e. The third-order valence-electron chi connectivity index (χ3n) is 1.05. The standard InChI is InChI=1S/C9H18NO2/c1-5-6-7-10-8(11)12-9(2,3)4/h7H,5-6H2,1-4H3,(H,10,11). The average Bonchev–Trinajstić information content (AvgIpc) is 1.84. The number of hydrogen-bond donors (Lipinski definition) is 1. The van der Waals surface area contributed by atoms with Crippen LogP contribution in [-0.4, -0.2) is 11.7 Å². The van der Waals surface area contributed by atoms with Crippen LogP contribution in [0.3, 0.4) is 0 Å². The quantitative estimate of drug-likeness (QED) is 0.664. The fourth-order valence-electron chi connectivity index (χ4n) is 0.607. The number of hydrogen-bond acceptors (Lipinski definition) is 2. The van der Waals surface area contributed by atoms with Gasteiger partial charge in [0.15, 0.2) is 0 Å². The van der Waals surface area contributed by atoms with Crippen molar-refractivity contribution in [2.24, 2.45) is 0 Å². The van der Waals surface area contributed by atoms with Crippen LogP contribution in [0.4, 0.5) is 4.79 Å². The second-order valence-electron chi connectivity index (χ2n) is 3.64. The molecule has 1 amide bonds. The zero-order chi connectivity index (χ0) is 9.61. The van der Waals surface area contributed by atoms with Crippen molar-refractivity contribution in [3.8, 4) is 0 Å². The van der Waals surface area contributed by atoms with Crippen LogP contribution in [0, 0.1) is 6.54 Å². The number of nitrogens with one attached hydrogen (secondary N) is 1. The van der Waals surface area contributed by atoms with Gasteiger partial charge in [0, 0.05) is 0 Å². The van der Waals surface area contributed by atoms with Crippen molar-refractivity contribution in [1.29, 1.82) is 0 Å². The van der Waals surface area contributed by atoms with Gasteiger partial charge in [0.25, 0.3) is 0 Å². The second-order valence-corrected chi connectivity index (χ2v) is 3.64. The molecular formula is C9H18NO2. The van der Waals surface area contributed by atoms with Gasteiger partial charge < -0.3 is 10.1 Å². The number of carbonyl (C=O) groups is 1. The van der Waals surface area contributed by atoms with Crippen LogP contribution < -0.4 is 5.32 Å². The second kappa shape index (κ2) is 5.01. The van der Waals surface area contributed by atoms with Crippen LogP contribution in [0.2, 0.25) is 0 Å². The Morgan fingerprint density at radius 3 is 2.50 bits per heavy atom. The summed E-state index contributed by atoms with van der Waals surface area (Å²) in [6.45, 7) is 9.28. The number of alkyl carbamates (subject to hydrolysis) is 1. The monoisotopic (exact) mass is 172 g/mol. The molecule has 3 nitrogen and oxygen atoms in total. The molecule has 12 heavy (non-hydrogen) atoms. The molecular weight excluding hydrogens is 154 g/mol. The van der Waals surface area contributed by atoms with Crippen LogP contribution in [0.1, 0.15) is 40.5 Å². The first kappa shape index (κ1) is 11.3. The number of rotatable bonds is 3. The van der Waals surface area contributed by atoms with Crippen molar-refractivity contribution in [1.82, 2.24) is 5.32 Å². The molecule has 0 saturated carbocycles. The highest BCUT2D eigenvalue weighted by molar-refractivity contribution is 5.68. The summed E-state index contributed by atoms with van der Waals surface area (Å²) in [6, 6.07) is 0. The van der Waals surface area contributed by atoms with Crippen LogP contribution in [0.25, 0.3) is 0 Å². The van der Waals surface area contributed by atoms with Gasteiger partial charge in [-0.05, 0) is 27.2 Å². The van der Waals surface area contributed by atoms with Gasteiger partial charge in [0.1, 0.15) is 5.60 Å². The Labute approximate surface area is 74.5 Å². The zero-order valence-electron chi connectivity index (χ0n) is 8.31. The Balaban J connectivity index is 3.47. The van der Waals surface area contributed by atoms with Gasteiger partial charge in [-0.3, -0.25) is 0 Å². The number of unbranched alkanes of at least 4 members (excludes halogenated alkanes) is 1. The first-order valence-corrected chi connectivity index (χ1v) is 4.27. The maximum atomic E-state index is 11.0. The number of ether oxygens (including phenoxy) is 1. The summed E-state index contributed by atoms with van der Waals surface area (Å²) in [4.78, 5) is 11.0. The Morgan fingerprint density at radius 1 is 1.50 bits per heavy atom. The van der Waals surface area contributed by atoms with E-state index in [1.54, 1.807) is 6.54 Å². The van der Waals surface area contributed by atoms with Crippen molar-refractivity contribution in [3.63, 3.8) is 0 Å². The van der Waals surface area contributed by atoms with Crippen LogP contribution in [0.15, 0.2) is 0 Å². The summed E-state index contributed by atoms with van der Waals surface area (Å²) >= 11 is 0. The lowest BCUT2D eigenvalue weighted by molar-refractivity contribution is 0.0541. The normalized spacial score (nSPS) is 11.0. The molecule has 0 spiro atoms. The first-order chi connectivity index (χ1) is 5.45. The molecule has 0 aromatic carbocycles. The maximum absolute atomic E-state index is 11.0. The smallest absolute Gasteiger partial charge is 0.407 e. The van der Waals surface area contributed by atoms with Crippen molar-refractivity contribution in [3.05, 3.63) is 6.54 Å². The van der Waals surface area contributed by atoms with Crippen molar-refractivity contribution in [2.75, 3.05) is 0 Å². The van der Waals surface area contributed by atoms with Gasteiger partial charge in [-0.2, -0.15) is 0 Å². The molecule has 0 aliphatic carbocycles. The molecule has 1 radical (unpaired) electrons. The fourth-order valence-corrected chi connectivity index (χ4v) is 0.607. The van der Waals surface area contributed by atoms with E-state index in [0.717, 1.165) is 12.8 Å². The highest BCUT2D eigenvalue weighted by atomic mass is 16.6. The topological polar surface area (TPSA) is 38.3 Å². The molecule has 0 fully saturated rings.